The third-order valence-corrected chi connectivity index (χ3v) is 4.02. The van der Waals surface area contributed by atoms with Gasteiger partial charge in [0.2, 0.25) is 0 Å². The van der Waals surface area contributed by atoms with E-state index in [0.717, 1.165) is 16.5 Å². The highest BCUT2D eigenvalue weighted by Gasteiger charge is 2.15. The molecule has 5 heteroatoms. The van der Waals surface area contributed by atoms with Crippen LogP contribution in [0.25, 0.3) is 10.9 Å². The van der Waals surface area contributed by atoms with Gasteiger partial charge >= 0.3 is 5.97 Å². The van der Waals surface area contributed by atoms with Crippen LogP contribution in [0.2, 0.25) is 0 Å². The van der Waals surface area contributed by atoms with Gasteiger partial charge in [0.05, 0.1) is 30.5 Å². The Morgan fingerprint density at radius 3 is 2.54 bits per heavy atom. The molecule has 2 aromatic carbocycles. The van der Waals surface area contributed by atoms with Crippen LogP contribution in [-0.2, 0) is 11.3 Å². The average Bonchev–Trinajstić information content (AvgIpc) is 2.66. The molecule has 0 atom stereocenters. The number of carbonyl (C=O) groups is 1. The minimum Gasteiger partial charge on any atom is -0.493 e. The maximum Gasteiger partial charge on any atom is 0.339 e. The first-order valence-electron chi connectivity index (χ1n) is 8.45. The molecule has 0 bridgehead atoms. The number of ether oxygens (including phenoxy) is 3. The molecule has 0 aliphatic carbocycles. The van der Waals surface area contributed by atoms with Crippen molar-refractivity contribution in [3.8, 4) is 11.5 Å². The fraction of sp³-hybridized carbons (Fsp3) is 0.238. The molecule has 134 valence electrons. The van der Waals surface area contributed by atoms with E-state index in [2.05, 4.69) is 4.98 Å². The number of carbonyl (C=O) groups excluding carboxylic acids is 1. The zero-order valence-corrected chi connectivity index (χ0v) is 15.1. The van der Waals surface area contributed by atoms with Gasteiger partial charge in [0.15, 0.2) is 11.5 Å². The highest BCUT2D eigenvalue weighted by molar-refractivity contribution is 5.95. The molecule has 3 rings (SSSR count). The molecule has 1 aromatic heterocycles. The van der Waals surface area contributed by atoms with Crippen molar-refractivity contribution < 1.29 is 19.0 Å². The average molecular weight is 351 g/mol. The smallest absolute Gasteiger partial charge is 0.339 e. The first-order chi connectivity index (χ1) is 12.6. The Morgan fingerprint density at radius 2 is 1.85 bits per heavy atom. The van der Waals surface area contributed by atoms with Gasteiger partial charge in [0, 0.05) is 11.5 Å². The van der Waals surface area contributed by atoms with Crippen LogP contribution in [0.4, 0.5) is 0 Å². The molecule has 0 saturated heterocycles. The molecule has 0 radical (unpaired) electrons. The lowest BCUT2D eigenvalue weighted by atomic mass is 10.1. The van der Waals surface area contributed by atoms with Crippen LogP contribution in [0.5, 0.6) is 11.5 Å². The Labute approximate surface area is 152 Å². The molecule has 0 fully saturated rings. The monoisotopic (exact) mass is 351 g/mol. The van der Waals surface area contributed by atoms with Crippen LogP contribution in [0.15, 0.2) is 48.5 Å². The number of rotatable bonds is 6. The van der Waals surface area contributed by atoms with Crippen LogP contribution < -0.4 is 9.47 Å². The highest BCUT2D eigenvalue weighted by atomic mass is 16.5. The summed E-state index contributed by atoms with van der Waals surface area (Å²) in [6, 6.07) is 15.3. The molecule has 5 nitrogen and oxygen atoms in total. The van der Waals surface area contributed by atoms with E-state index < -0.39 is 0 Å². The highest BCUT2D eigenvalue weighted by Crippen LogP contribution is 2.33. The Kier molecular flexibility index (Phi) is 5.37. The van der Waals surface area contributed by atoms with Gasteiger partial charge in [0.25, 0.3) is 0 Å². The number of aryl methyl sites for hydroxylation is 1. The van der Waals surface area contributed by atoms with E-state index in [4.69, 9.17) is 14.2 Å². The van der Waals surface area contributed by atoms with E-state index in [9.17, 15) is 4.79 Å². The quantitative estimate of drug-likeness (QED) is 0.620. The molecule has 1 heterocycles. The Bertz CT molecular complexity index is 922. The van der Waals surface area contributed by atoms with E-state index in [0.29, 0.717) is 36.0 Å². The van der Waals surface area contributed by atoms with Gasteiger partial charge < -0.3 is 14.2 Å². The van der Waals surface area contributed by atoms with Gasteiger partial charge in [-0.05, 0) is 31.5 Å². The fourth-order valence-electron chi connectivity index (χ4n) is 2.70. The molecular formula is C21H21NO4. The number of fused-ring (bicyclic) bond motifs is 1. The van der Waals surface area contributed by atoms with Crippen molar-refractivity contribution in [3.63, 3.8) is 0 Å². The normalized spacial score (nSPS) is 10.6. The third kappa shape index (κ3) is 3.77. The van der Waals surface area contributed by atoms with Crippen LogP contribution in [0.3, 0.4) is 0 Å². The summed E-state index contributed by atoms with van der Waals surface area (Å²) in [6.07, 6.45) is 0. The summed E-state index contributed by atoms with van der Waals surface area (Å²) < 4.78 is 16.5. The molecule has 26 heavy (non-hydrogen) atoms. The van der Waals surface area contributed by atoms with Crippen molar-refractivity contribution >= 4 is 16.9 Å². The number of esters is 1. The number of hydrogen-bond acceptors (Lipinski definition) is 5. The molecule has 0 aliphatic rings. The van der Waals surface area contributed by atoms with Crippen molar-refractivity contribution in [2.75, 3.05) is 13.7 Å². The van der Waals surface area contributed by atoms with Crippen LogP contribution in [0, 0.1) is 6.92 Å². The number of aromatic nitrogens is 1. The maximum absolute atomic E-state index is 12.1. The third-order valence-electron chi connectivity index (χ3n) is 4.02. The zero-order valence-electron chi connectivity index (χ0n) is 15.1. The van der Waals surface area contributed by atoms with Crippen molar-refractivity contribution in [2.45, 2.75) is 20.5 Å². The minimum absolute atomic E-state index is 0.325. The van der Waals surface area contributed by atoms with Gasteiger partial charge in [-0.1, -0.05) is 30.3 Å². The molecular weight excluding hydrogens is 330 g/mol. The first kappa shape index (κ1) is 17.7. The van der Waals surface area contributed by atoms with Gasteiger partial charge in [-0.2, -0.15) is 0 Å². The number of methoxy groups -OCH3 is 1. The van der Waals surface area contributed by atoms with Crippen molar-refractivity contribution in [1.29, 1.82) is 0 Å². The lowest BCUT2D eigenvalue weighted by molar-refractivity contribution is 0.0525. The van der Waals surface area contributed by atoms with Crippen LogP contribution >= 0.6 is 0 Å². The van der Waals surface area contributed by atoms with E-state index in [1.54, 1.807) is 27.0 Å². The summed E-state index contributed by atoms with van der Waals surface area (Å²) in [4.78, 5) is 16.6. The molecule has 0 amide bonds. The van der Waals surface area contributed by atoms with Crippen molar-refractivity contribution in [1.82, 2.24) is 4.98 Å². The molecule has 0 saturated carbocycles. The Hall–Kier alpha value is -3.08. The summed E-state index contributed by atoms with van der Waals surface area (Å²) in [5, 5.41) is 0.794. The minimum atomic E-state index is -0.372. The Morgan fingerprint density at radius 1 is 1.08 bits per heavy atom. The van der Waals surface area contributed by atoms with Crippen LogP contribution in [0.1, 0.15) is 28.5 Å². The van der Waals surface area contributed by atoms with E-state index in [-0.39, 0.29) is 5.97 Å². The zero-order chi connectivity index (χ0) is 18.5. The van der Waals surface area contributed by atoms with Gasteiger partial charge in [-0.15, -0.1) is 0 Å². The van der Waals surface area contributed by atoms with Crippen LogP contribution in [-0.4, -0.2) is 24.7 Å². The SMILES string of the molecule is CCOC(=O)c1cc2cc(OC)c(OCc3ccccc3)cc2nc1C. The number of nitrogens with zero attached hydrogens (tertiary/aromatic N) is 1. The summed E-state index contributed by atoms with van der Waals surface area (Å²) in [6.45, 7) is 4.33. The lowest BCUT2D eigenvalue weighted by Crippen LogP contribution is -2.08. The Balaban J connectivity index is 1.95. The van der Waals surface area contributed by atoms with Gasteiger partial charge in [-0.3, -0.25) is 4.98 Å². The number of pyridine rings is 1. The van der Waals surface area contributed by atoms with Crippen molar-refractivity contribution in [2.24, 2.45) is 0 Å². The number of benzene rings is 2. The fourth-order valence-corrected chi connectivity index (χ4v) is 2.70. The topological polar surface area (TPSA) is 57.7 Å². The summed E-state index contributed by atoms with van der Waals surface area (Å²) in [5.74, 6) is 0.830. The molecule has 0 aliphatic heterocycles. The van der Waals surface area contributed by atoms with Gasteiger partial charge in [-0.25, -0.2) is 4.79 Å². The van der Waals surface area contributed by atoms with Gasteiger partial charge in [0.1, 0.15) is 6.61 Å². The van der Waals surface area contributed by atoms with E-state index in [1.807, 2.05) is 42.5 Å². The summed E-state index contributed by atoms with van der Waals surface area (Å²) >= 11 is 0. The van der Waals surface area contributed by atoms with E-state index in [1.165, 1.54) is 0 Å². The lowest BCUT2D eigenvalue weighted by Gasteiger charge is -2.13. The molecule has 0 N–H and O–H groups in total. The molecule has 3 aromatic rings. The predicted octanol–water partition coefficient (Wildman–Crippen LogP) is 4.31. The summed E-state index contributed by atoms with van der Waals surface area (Å²) in [7, 11) is 1.59. The second kappa shape index (κ2) is 7.87. The maximum atomic E-state index is 12.1. The molecule has 0 spiro atoms. The predicted molar refractivity (Wildman–Crippen MR) is 99.8 cm³/mol. The standard InChI is InChI=1S/C21H21NO4/c1-4-25-21(23)17-10-16-11-19(24-3)20(12-18(16)22-14(17)2)26-13-15-8-6-5-7-9-15/h5-12H,4,13H2,1-3H3. The number of hydrogen-bond donors (Lipinski definition) is 0. The summed E-state index contributed by atoms with van der Waals surface area (Å²) in [5.41, 5.74) is 2.88. The molecule has 0 unspecified atom stereocenters. The second-order valence-electron chi connectivity index (χ2n) is 5.81. The largest absolute Gasteiger partial charge is 0.493 e. The van der Waals surface area contributed by atoms with E-state index >= 15 is 0 Å². The second-order valence-corrected chi connectivity index (χ2v) is 5.81. The first-order valence-corrected chi connectivity index (χ1v) is 8.45. The van der Waals surface area contributed by atoms with Crippen molar-refractivity contribution in [3.05, 3.63) is 65.4 Å².